The summed E-state index contributed by atoms with van der Waals surface area (Å²) < 4.78 is 4.79. The molecule has 0 aliphatic carbocycles. The Kier molecular flexibility index (Phi) is 4.39. The third kappa shape index (κ3) is 3.11. The molecular formula is C22H20N4O2S. The molecule has 4 aromatic rings. The molecule has 1 aliphatic heterocycles. The number of aromatic nitrogens is 3. The number of para-hydroxylation sites is 1. The molecular weight excluding hydrogens is 384 g/mol. The fourth-order valence-electron chi connectivity index (χ4n) is 3.89. The van der Waals surface area contributed by atoms with Crippen LogP contribution < -0.4 is 10.4 Å². The third-order valence-corrected chi connectivity index (χ3v) is 6.59. The summed E-state index contributed by atoms with van der Waals surface area (Å²) in [6.07, 6.45) is 3.94. The minimum Gasteiger partial charge on any atom is -0.319 e. The number of amides is 1. The van der Waals surface area contributed by atoms with Crippen LogP contribution in [0.15, 0.2) is 52.3 Å². The Hall–Kier alpha value is -3.06. The number of aryl methyl sites for hydroxylation is 2. The highest BCUT2D eigenvalue weighted by molar-refractivity contribution is 7.16. The quantitative estimate of drug-likeness (QED) is 0.488. The first kappa shape index (κ1) is 18.0. The first-order valence-electron chi connectivity index (χ1n) is 9.79. The van der Waals surface area contributed by atoms with Crippen molar-refractivity contribution in [2.75, 3.05) is 0 Å². The summed E-state index contributed by atoms with van der Waals surface area (Å²) in [7, 11) is 1.91. The number of benzene rings is 2. The summed E-state index contributed by atoms with van der Waals surface area (Å²) in [5, 5.41) is 0.555. The number of hydrogen-bond acceptors (Lipinski definition) is 4. The number of thiazole rings is 1. The monoisotopic (exact) mass is 404 g/mol. The Labute approximate surface area is 170 Å². The van der Waals surface area contributed by atoms with Crippen LogP contribution in [0.5, 0.6) is 0 Å². The lowest BCUT2D eigenvalue weighted by Crippen LogP contribution is -2.24. The smallest absolute Gasteiger partial charge is 0.279 e. The molecule has 29 heavy (non-hydrogen) atoms. The van der Waals surface area contributed by atoms with E-state index in [1.54, 1.807) is 22.8 Å². The molecule has 5 rings (SSSR count). The van der Waals surface area contributed by atoms with Crippen LogP contribution in [-0.4, -0.2) is 20.0 Å². The van der Waals surface area contributed by atoms with Crippen molar-refractivity contribution in [2.24, 2.45) is 12.0 Å². The second kappa shape index (κ2) is 7.08. The number of nitrogens with zero attached hydrogens (tertiary/aromatic N) is 4. The van der Waals surface area contributed by atoms with Gasteiger partial charge in [-0.2, -0.15) is 4.99 Å². The van der Waals surface area contributed by atoms with Crippen LogP contribution in [0.3, 0.4) is 0 Å². The van der Waals surface area contributed by atoms with E-state index in [4.69, 9.17) is 4.98 Å². The summed E-state index contributed by atoms with van der Waals surface area (Å²) >= 11 is 1.48. The van der Waals surface area contributed by atoms with Gasteiger partial charge < -0.3 is 4.57 Å². The molecule has 7 heteroatoms. The van der Waals surface area contributed by atoms with E-state index >= 15 is 0 Å². The molecule has 6 nitrogen and oxygen atoms in total. The van der Waals surface area contributed by atoms with Crippen LogP contribution in [-0.2, 0) is 20.0 Å². The van der Waals surface area contributed by atoms with Gasteiger partial charge in [0, 0.05) is 25.6 Å². The van der Waals surface area contributed by atoms with Gasteiger partial charge in [-0.25, -0.2) is 4.98 Å². The van der Waals surface area contributed by atoms with Crippen LogP contribution in [0.2, 0.25) is 0 Å². The van der Waals surface area contributed by atoms with E-state index in [0.717, 1.165) is 48.3 Å². The van der Waals surface area contributed by atoms with E-state index in [0.29, 0.717) is 21.3 Å². The standard InChI is InChI=1S/C22H20N4O2S/c1-25-17-7-4-5-8-18(17)29-22(25)24-20(27)14-10-11-15-16(13-14)23-19-9-3-2-6-12-26(19)21(15)28/h4-5,7-8,10-11,13H,2-3,6,9,12H2,1H3. The number of fused-ring (bicyclic) bond motifs is 3. The molecule has 0 saturated carbocycles. The summed E-state index contributed by atoms with van der Waals surface area (Å²) in [5.74, 6) is 0.489. The molecule has 2 aromatic heterocycles. The first-order valence-corrected chi connectivity index (χ1v) is 10.6. The predicted octanol–water partition coefficient (Wildman–Crippen LogP) is 3.42. The molecule has 0 spiro atoms. The van der Waals surface area contributed by atoms with E-state index in [-0.39, 0.29) is 11.5 Å². The molecule has 0 radical (unpaired) electrons. The van der Waals surface area contributed by atoms with Gasteiger partial charge in [-0.1, -0.05) is 29.9 Å². The van der Waals surface area contributed by atoms with Crippen LogP contribution in [0, 0.1) is 0 Å². The Morgan fingerprint density at radius 1 is 1.14 bits per heavy atom. The van der Waals surface area contributed by atoms with Crippen molar-refractivity contribution < 1.29 is 4.79 Å². The summed E-state index contributed by atoms with van der Waals surface area (Å²) in [4.78, 5) is 35.4. The molecule has 0 N–H and O–H groups in total. The highest BCUT2D eigenvalue weighted by Gasteiger charge is 2.15. The van der Waals surface area contributed by atoms with E-state index in [1.165, 1.54) is 11.3 Å². The van der Waals surface area contributed by atoms with Crippen molar-refractivity contribution in [3.8, 4) is 0 Å². The number of carbonyl (C=O) groups is 1. The van der Waals surface area contributed by atoms with E-state index < -0.39 is 0 Å². The van der Waals surface area contributed by atoms with Gasteiger partial charge in [-0.3, -0.25) is 14.2 Å². The molecule has 2 aromatic carbocycles. The lowest BCUT2D eigenvalue weighted by atomic mass is 10.1. The maximum Gasteiger partial charge on any atom is 0.279 e. The number of carbonyl (C=O) groups excluding carboxylic acids is 1. The van der Waals surface area contributed by atoms with Crippen molar-refractivity contribution in [3.63, 3.8) is 0 Å². The van der Waals surface area contributed by atoms with E-state index in [2.05, 4.69) is 4.99 Å². The predicted molar refractivity (Wildman–Crippen MR) is 114 cm³/mol. The minimum absolute atomic E-state index is 0.0151. The topological polar surface area (TPSA) is 69.2 Å². The molecule has 0 unspecified atom stereocenters. The van der Waals surface area contributed by atoms with E-state index in [9.17, 15) is 9.59 Å². The largest absolute Gasteiger partial charge is 0.319 e. The Bertz CT molecular complexity index is 1390. The average Bonchev–Trinajstić information content (AvgIpc) is 2.90. The molecule has 1 aliphatic rings. The maximum absolute atomic E-state index is 12.9. The summed E-state index contributed by atoms with van der Waals surface area (Å²) in [6.45, 7) is 0.718. The molecule has 0 bridgehead atoms. The number of hydrogen-bond donors (Lipinski definition) is 0. The second-order valence-electron chi connectivity index (χ2n) is 7.36. The lowest BCUT2D eigenvalue weighted by Gasteiger charge is -2.10. The van der Waals surface area contributed by atoms with Crippen molar-refractivity contribution in [2.45, 2.75) is 32.2 Å². The molecule has 146 valence electrons. The third-order valence-electron chi connectivity index (χ3n) is 5.48. The van der Waals surface area contributed by atoms with Gasteiger partial charge in [0.15, 0.2) is 4.80 Å². The minimum atomic E-state index is -0.328. The zero-order chi connectivity index (χ0) is 20.0. The van der Waals surface area contributed by atoms with Crippen molar-refractivity contribution in [1.29, 1.82) is 0 Å². The summed E-state index contributed by atoms with van der Waals surface area (Å²) in [5.41, 5.74) is 2.05. The zero-order valence-electron chi connectivity index (χ0n) is 16.1. The number of rotatable bonds is 1. The van der Waals surface area contributed by atoms with Gasteiger partial charge in [0.1, 0.15) is 5.82 Å². The van der Waals surface area contributed by atoms with Crippen LogP contribution in [0.1, 0.15) is 35.4 Å². The maximum atomic E-state index is 12.9. The molecule has 3 heterocycles. The Morgan fingerprint density at radius 3 is 2.86 bits per heavy atom. The highest BCUT2D eigenvalue weighted by atomic mass is 32.1. The van der Waals surface area contributed by atoms with Gasteiger partial charge >= 0.3 is 0 Å². The fraction of sp³-hybridized carbons (Fsp3) is 0.273. The highest BCUT2D eigenvalue weighted by Crippen LogP contribution is 2.18. The van der Waals surface area contributed by atoms with E-state index in [1.807, 2.05) is 35.9 Å². The van der Waals surface area contributed by atoms with Gasteiger partial charge in [-0.15, -0.1) is 0 Å². The Balaban J connectivity index is 1.60. The fourth-order valence-corrected chi connectivity index (χ4v) is 4.91. The van der Waals surface area contributed by atoms with Crippen LogP contribution >= 0.6 is 11.3 Å². The normalized spacial score (nSPS) is 14.9. The zero-order valence-corrected chi connectivity index (χ0v) is 16.9. The Morgan fingerprint density at radius 2 is 2.00 bits per heavy atom. The molecule has 1 amide bonds. The SMILES string of the molecule is Cn1c(=NC(=O)c2ccc3c(=O)n4c(nc3c2)CCCCC4)sc2ccccc21. The van der Waals surface area contributed by atoms with Gasteiger partial charge in [0.2, 0.25) is 0 Å². The summed E-state index contributed by atoms with van der Waals surface area (Å²) in [6, 6.07) is 13.0. The van der Waals surface area contributed by atoms with Gasteiger partial charge in [0.25, 0.3) is 11.5 Å². The second-order valence-corrected chi connectivity index (χ2v) is 8.36. The van der Waals surface area contributed by atoms with Gasteiger partial charge in [-0.05, 0) is 43.2 Å². The van der Waals surface area contributed by atoms with Crippen LogP contribution in [0.25, 0.3) is 21.1 Å². The lowest BCUT2D eigenvalue weighted by molar-refractivity contribution is 0.0998. The van der Waals surface area contributed by atoms with Crippen molar-refractivity contribution >= 4 is 38.4 Å². The average molecular weight is 404 g/mol. The molecule has 0 saturated heterocycles. The van der Waals surface area contributed by atoms with Gasteiger partial charge in [0.05, 0.1) is 21.1 Å². The van der Waals surface area contributed by atoms with Crippen molar-refractivity contribution in [3.05, 3.63) is 69.0 Å². The van der Waals surface area contributed by atoms with Crippen molar-refractivity contribution in [1.82, 2.24) is 14.1 Å². The molecule has 0 atom stereocenters. The first-order chi connectivity index (χ1) is 14.1. The molecule has 0 fully saturated rings. The van der Waals surface area contributed by atoms with Crippen LogP contribution in [0.4, 0.5) is 0 Å².